The third-order valence-corrected chi connectivity index (χ3v) is 4.87. The zero-order valence-electron chi connectivity index (χ0n) is 11.4. The van der Waals surface area contributed by atoms with Gasteiger partial charge in [-0.2, -0.15) is 0 Å². The SMILES string of the molecule is COc1ccc(C(C)N(C)Cc2csc(Br)c2)cc1. The van der Waals surface area contributed by atoms with E-state index in [9.17, 15) is 0 Å². The molecular formula is C15H18BrNOS. The number of hydrogen-bond acceptors (Lipinski definition) is 3. The fourth-order valence-corrected chi connectivity index (χ4v) is 3.19. The molecule has 1 unspecified atom stereocenters. The van der Waals surface area contributed by atoms with Gasteiger partial charge >= 0.3 is 0 Å². The van der Waals surface area contributed by atoms with Crippen LogP contribution < -0.4 is 4.74 Å². The van der Waals surface area contributed by atoms with E-state index in [1.54, 1.807) is 18.4 Å². The third kappa shape index (κ3) is 3.81. The molecule has 2 aromatic rings. The van der Waals surface area contributed by atoms with Crippen molar-refractivity contribution in [1.82, 2.24) is 4.90 Å². The molecule has 0 aliphatic rings. The highest BCUT2D eigenvalue weighted by Crippen LogP contribution is 2.26. The number of nitrogens with zero attached hydrogens (tertiary/aromatic N) is 1. The lowest BCUT2D eigenvalue weighted by Gasteiger charge is -2.24. The second-order valence-corrected chi connectivity index (χ2v) is 6.91. The largest absolute Gasteiger partial charge is 0.497 e. The molecule has 0 aliphatic carbocycles. The van der Waals surface area contributed by atoms with E-state index in [1.807, 2.05) is 12.1 Å². The van der Waals surface area contributed by atoms with Gasteiger partial charge in [0.25, 0.3) is 0 Å². The Morgan fingerprint density at radius 2 is 2.00 bits per heavy atom. The van der Waals surface area contributed by atoms with Crippen molar-refractivity contribution in [3.8, 4) is 5.75 Å². The summed E-state index contributed by atoms with van der Waals surface area (Å²) < 4.78 is 6.38. The molecular weight excluding hydrogens is 322 g/mol. The number of methoxy groups -OCH3 is 1. The van der Waals surface area contributed by atoms with E-state index >= 15 is 0 Å². The van der Waals surface area contributed by atoms with Gasteiger partial charge in [0.05, 0.1) is 10.9 Å². The first-order valence-corrected chi connectivity index (χ1v) is 7.84. The number of thiophene rings is 1. The van der Waals surface area contributed by atoms with E-state index < -0.39 is 0 Å². The van der Waals surface area contributed by atoms with E-state index in [-0.39, 0.29) is 0 Å². The first-order valence-electron chi connectivity index (χ1n) is 6.17. The summed E-state index contributed by atoms with van der Waals surface area (Å²) in [5, 5.41) is 2.20. The summed E-state index contributed by atoms with van der Waals surface area (Å²) in [5.74, 6) is 0.903. The molecule has 4 heteroatoms. The van der Waals surface area contributed by atoms with Crippen molar-refractivity contribution in [2.75, 3.05) is 14.2 Å². The lowest BCUT2D eigenvalue weighted by Crippen LogP contribution is -2.21. The van der Waals surface area contributed by atoms with Gasteiger partial charge < -0.3 is 4.74 Å². The molecule has 0 N–H and O–H groups in total. The molecule has 1 aromatic carbocycles. The number of rotatable bonds is 5. The van der Waals surface area contributed by atoms with Crippen LogP contribution in [0.25, 0.3) is 0 Å². The van der Waals surface area contributed by atoms with E-state index in [2.05, 4.69) is 58.4 Å². The molecule has 2 nitrogen and oxygen atoms in total. The van der Waals surface area contributed by atoms with Crippen molar-refractivity contribution in [3.63, 3.8) is 0 Å². The van der Waals surface area contributed by atoms with Crippen LogP contribution in [0.15, 0.2) is 39.5 Å². The van der Waals surface area contributed by atoms with Crippen molar-refractivity contribution in [1.29, 1.82) is 0 Å². The van der Waals surface area contributed by atoms with Crippen molar-refractivity contribution >= 4 is 27.3 Å². The van der Waals surface area contributed by atoms with E-state index in [0.717, 1.165) is 12.3 Å². The van der Waals surface area contributed by atoms with Gasteiger partial charge in [0.15, 0.2) is 0 Å². The predicted octanol–water partition coefficient (Wildman–Crippen LogP) is 4.71. The molecule has 1 heterocycles. The molecule has 0 amide bonds. The maximum atomic E-state index is 5.19. The van der Waals surface area contributed by atoms with Gasteiger partial charge in [-0.25, -0.2) is 0 Å². The highest BCUT2D eigenvalue weighted by molar-refractivity contribution is 9.11. The van der Waals surface area contributed by atoms with Crippen LogP contribution in [0.4, 0.5) is 0 Å². The molecule has 0 bridgehead atoms. The van der Waals surface area contributed by atoms with Gasteiger partial charge in [-0.05, 0) is 64.6 Å². The summed E-state index contributed by atoms with van der Waals surface area (Å²) in [6.07, 6.45) is 0. The quantitative estimate of drug-likeness (QED) is 0.781. The molecule has 0 fully saturated rings. The zero-order chi connectivity index (χ0) is 13.8. The van der Waals surface area contributed by atoms with Crippen molar-refractivity contribution < 1.29 is 4.74 Å². The van der Waals surface area contributed by atoms with Gasteiger partial charge in [-0.3, -0.25) is 4.90 Å². The summed E-state index contributed by atoms with van der Waals surface area (Å²) in [6, 6.07) is 10.8. The average Bonchev–Trinajstić information content (AvgIpc) is 2.83. The summed E-state index contributed by atoms with van der Waals surface area (Å²) in [4.78, 5) is 2.34. The summed E-state index contributed by atoms with van der Waals surface area (Å²) in [6.45, 7) is 3.18. The Balaban J connectivity index is 2.03. The first kappa shape index (κ1) is 14.6. The highest BCUT2D eigenvalue weighted by Gasteiger charge is 2.12. The fourth-order valence-electron chi connectivity index (χ4n) is 1.99. The zero-order valence-corrected chi connectivity index (χ0v) is 13.8. The standard InChI is InChI=1S/C15H18BrNOS/c1-11(13-4-6-14(18-3)7-5-13)17(2)9-12-8-15(16)19-10-12/h4-8,10-11H,9H2,1-3H3. The van der Waals surface area contributed by atoms with E-state index in [4.69, 9.17) is 4.74 Å². The molecule has 0 saturated carbocycles. The minimum atomic E-state index is 0.379. The van der Waals surface area contributed by atoms with Crippen molar-refractivity contribution in [2.45, 2.75) is 19.5 Å². The smallest absolute Gasteiger partial charge is 0.118 e. The molecule has 1 atom stereocenters. The van der Waals surface area contributed by atoms with Crippen LogP contribution in [0.1, 0.15) is 24.1 Å². The van der Waals surface area contributed by atoms with Crippen LogP contribution in [-0.4, -0.2) is 19.1 Å². The number of hydrogen-bond donors (Lipinski definition) is 0. The minimum absolute atomic E-state index is 0.379. The summed E-state index contributed by atoms with van der Waals surface area (Å²) in [7, 11) is 3.85. The molecule has 19 heavy (non-hydrogen) atoms. The Bertz CT molecular complexity index is 523. The lowest BCUT2D eigenvalue weighted by molar-refractivity contribution is 0.253. The summed E-state index contributed by atoms with van der Waals surface area (Å²) >= 11 is 5.24. The average molecular weight is 340 g/mol. The van der Waals surface area contributed by atoms with Gasteiger partial charge in [-0.15, -0.1) is 11.3 Å². The Morgan fingerprint density at radius 3 is 2.53 bits per heavy atom. The van der Waals surface area contributed by atoms with Crippen molar-refractivity contribution in [2.24, 2.45) is 0 Å². The minimum Gasteiger partial charge on any atom is -0.497 e. The maximum Gasteiger partial charge on any atom is 0.118 e. The Morgan fingerprint density at radius 1 is 1.32 bits per heavy atom. The molecule has 1 aromatic heterocycles. The van der Waals surface area contributed by atoms with Crippen LogP contribution in [0, 0.1) is 0 Å². The predicted molar refractivity (Wildman–Crippen MR) is 84.9 cm³/mol. The monoisotopic (exact) mass is 339 g/mol. The van der Waals surface area contributed by atoms with Crippen LogP contribution >= 0.6 is 27.3 Å². The summed E-state index contributed by atoms with van der Waals surface area (Å²) in [5.41, 5.74) is 2.65. The molecule has 0 saturated heterocycles. The highest BCUT2D eigenvalue weighted by atomic mass is 79.9. The lowest BCUT2D eigenvalue weighted by atomic mass is 10.1. The number of benzene rings is 1. The molecule has 0 spiro atoms. The molecule has 0 radical (unpaired) electrons. The molecule has 0 aliphatic heterocycles. The fraction of sp³-hybridized carbons (Fsp3) is 0.333. The Kier molecular flexibility index (Phi) is 5.02. The maximum absolute atomic E-state index is 5.19. The van der Waals surface area contributed by atoms with Gasteiger partial charge in [0.2, 0.25) is 0 Å². The van der Waals surface area contributed by atoms with Gasteiger partial charge in [0, 0.05) is 12.6 Å². The van der Waals surface area contributed by atoms with E-state index in [0.29, 0.717) is 6.04 Å². The Labute approximate surface area is 127 Å². The normalized spacial score (nSPS) is 12.7. The van der Waals surface area contributed by atoms with Crippen LogP contribution in [-0.2, 0) is 6.54 Å². The van der Waals surface area contributed by atoms with Crippen LogP contribution in [0.3, 0.4) is 0 Å². The van der Waals surface area contributed by atoms with Crippen LogP contribution in [0.5, 0.6) is 5.75 Å². The van der Waals surface area contributed by atoms with Crippen LogP contribution in [0.2, 0.25) is 0 Å². The van der Waals surface area contributed by atoms with Gasteiger partial charge in [-0.1, -0.05) is 12.1 Å². The topological polar surface area (TPSA) is 12.5 Å². The van der Waals surface area contributed by atoms with Crippen molar-refractivity contribution in [3.05, 3.63) is 50.6 Å². The Hall–Kier alpha value is -0.840. The second kappa shape index (κ2) is 6.55. The molecule has 2 rings (SSSR count). The second-order valence-electron chi connectivity index (χ2n) is 4.62. The number of ether oxygens (including phenoxy) is 1. The van der Waals surface area contributed by atoms with Gasteiger partial charge in [0.1, 0.15) is 5.75 Å². The van der Waals surface area contributed by atoms with E-state index in [1.165, 1.54) is 14.9 Å². The third-order valence-electron chi connectivity index (χ3n) is 3.31. The molecule has 102 valence electrons. The first-order chi connectivity index (χ1) is 9.10. The number of halogens is 1.